The Kier molecular flexibility index (Phi) is 2.78. The van der Waals surface area contributed by atoms with E-state index < -0.39 is 17.0 Å². The number of hydrogen-bond acceptors (Lipinski definition) is 4. The molecule has 14 heavy (non-hydrogen) atoms. The standard InChI is InChI=1S/C8H7NO5/c10-7(8(11)12)5-2-1-3-6(4-5)9(13)14/h1-4,7,10H,(H,11,12)/t7-/m0/s1. The van der Waals surface area contributed by atoms with E-state index in [4.69, 9.17) is 10.2 Å². The number of nitro groups is 1. The van der Waals surface area contributed by atoms with Crippen molar-refractivity contribution < 1.29 is 19.9 Å². The summed E-state index contributed by atoms with van der Waals surface area (Å²) in [7, 11) is 0. The second kappa shape index (κ2) is 3.84. The van der Waals surface area contributed by atoms with Crippen LogP contribution in [0.4, 0.5) is 5.69 Å². The highest BCUT2D eigenvalue weighted by molar-refractivity contribution is 5.74. The maximum absolute atomic E-state index is 10.4. The quantitative estimate of drug-likeness (QED) is 0.549. The number of benzene rings is 1. The summed E-state index contributed by atoms with van der Waals surface area (Å²) >= 11 is 0. The maximum atomic E-state index is 10.4. The predicted octanol–water partition coefficient (Wildman–Crippen LogP) is 0.713. The van der Waals surface area contributed by atoms with Gasteiger partial charge in [0.1, 0.15) is 0 Å². The van der Waals surface area contributed by atoms with Gasteiger partial charge < -0.3 is 10.2 Å². The number of rotatable bonds is 3. The zero-order valence-electron chi connectivity index (χ0n) is 6.95. The van der Waals surface area contributed by atoms with Gasteiger partial charge in [-0.3, -0.25) is 10.1 Å². The highest BCUT2D eigenvalue weighted by Crippen LogP contribution is 2.18. The molecule has 1 aromatic rings. The van der Waals surface area contributed by atoms with Gasteiger partial charge in [0.15, 0.2) is 6.10 Å². The molecule has 6 nitrogen and oxygen atoms in total. The van der Waals surface area contributed by atoms with E-state index in [0.717, 1.165) is 6.07 Å². The van der Waals surface area contributed by atoms with E-state index in [1.807, 2.05) is 0 Å². The van der Waals surface area contributed by atoms with Crippen molar-refractivity contribution in [3.8, 4) is 0 Å². The zero-order valence-corrected chi connectivity index (χ0v) is 6.95. The molecule has 0 heterocycles. The topological polar surface area (TPSA) is 101 Å². The van der Waals surface area contributed by atoms with E-state index in [9.17, 15) is 14.9 Å². The van der Waals surface area contributed by atoms with Gasteiger partial charge in [0.05, 0.1) is 4.92 Å². The summed E-state index contributed by atoms with van der Waals surface area (Å²) in [6.07, 6.45) is -1.73. The van der Waals surface area contributed by atoms with Crippen molar-refractivity contribution in [1.29, 1.82) is 0 Å². The zero-order chi connectivity index (χ0) is 10.7. The lowest BCUT2D eigenvalue weighted by Crippen LogP contribution is -2.10. The van der Waals surface area contributed by atoms with Crippen molar-refractivity contribution in [3.63, 3.8) is 0 Å². The molecule has 0 fully saturated rings. The average Bonchev–Trinajstić information content (AvgIpc) is 2.16. The molecule has 1 aromatic carbocycles. The summed E-state index contributed by atoms with van der Waals surface area (Å²) in [4.78, 5) is 20.0. The predicted molar refractivity (Wildman–Crippen MR) is 45.7 cm³/mol. The molecule has 0 aliphatic carbocycles. The Morgan fingerprint density at radius 3 is 2.64 bits per heavy atom. The van der Waals surface area contributed by atoms with Crippen LogP contribution in [0.3, 0.4) is 0 Å². The Morgan fingerprint density at radius 2 is 2.14 bits per heavy atom. The van der Waals surface area contributed by atoms with E-state index in [0.29, 0.717) is 0 Å². The van der Waals surface area contributed by atoms with Gasteiger partial charge in [-0.05, 0) is 5.56 Å². The van der Waals surface area contributed by atoms with Gasteiger partial charge in [-0.1, -0.05) is 12.1 Å². The van der Waals surface area contributed by atoms with Gasteiger partial charge in [-0.15, -0.1) is 0 Å². The Labute approximate surface area is 78.6 Å². The van der Waals surface area contributed by atoms with Crippen LogP contribution in [0.15, 0.2) is 24.3 Å². The first-order valence-corrected chi connectivity index (χ1v) is 3.67. The molecular formula is C8H7NO5. The molecule has 74 valence electrons. The summed E-state index contributed by atoms with van der Waals surface area (Å²) in [6, 6.07) is 4.88. The first-order valence-electron chi connectivity index (χ1n) is 3.67. The fourth-order valence-electron chi connectivity index (χ4n) is 0.951. The average molecular weight is 197 g/mol. The van der Waals surface area contributed by atoms with Crippen LogP contribution in [-0.2, 0) is 4.79 Å². The molecule has 0 radical (unpaired) electrons. The van der Waals surface area contributed by atoms with Gasteiger partial charge in [0.2, 0.25) is 0 Å². The summed E-state index contributed by atoms with van der Waals surface area (Å²) in [5.41, 5.74) is -0.255. The van der Waals surface area contributed by atoms with Gasteiger partial charge in [0, 0.05) is 12.1 Å². The number of aliphatic carboxylic acids is 1. The molecule has 0 saturated heterocycles. The molecule has 0 aliphatic rings. The van der Waals surface area contributed by atoms with Crippen molar-refractivity contribution in [2.24, 2.45) is 0 Å². The first-order chi connectivity index (χ1) is 6.52. The third-order valence-electron chi connectivity index (χ3n) is 1.63. The number of aliphatic hydroxyl groups is 1. The molecule has 0 aliphatic heterocycles. The smallest absolute Gasteiger partial charge is 0.337 e. The minimum atomic E-state index is -1.73. The number of hydrogen-bond donors (Lipinski definition) is 2. The van der Waals surface area contributed by atoms with Gasteiger partial charge in [-0.2, -0.15) is 0 Å². The Bertz CT molecular complexity index is 376. The van der Waals surface area contributed by atoms with E-state index in [1.165, 1.54) is 18.2 Å². The highest BCUT2D eigenvalue weighted by atomic mass is 16.6. The van der Waals surface area contributed by atoms with E-state index in [-0.39, 0.29) is 11.3 Å². The molecule has 0 amide bonds. The number of non-ortho nitro benzene ring substituents is 1. The molecule has 1 rings (SSSR count). The Hall–Kier alpha value is -1.95. The van der Waals surface area contributed by atoms with Crippen molar-refractivity contribution in [3.05, 3.63) is 39.9 Å². The van der Waals surface area contributed by atoms with Crippen LogP contribution in [0.1, 0.15) is 11.7 Å². The van der Waals surface area contributed by atoms with Crippen LogP contribution < -0.4 is 0 Å². The van der Waals surface area contributed by atoms with Crippen LogP contribution >= 0.6 is 0 Å². The van der Waals surface area contributed by atoms with E-state index >= 15 is 0 Å². The second-order valence-corrected chi connectivity index (χ2v) is 2.59. The Morgan fingerprint density at radius 1 is 1.50 bits per heavy atom. The van der Waals surface area contributed by atoms with Crippen molar-refractivity contribution in [2.75, 3.05) is 0 Å². The third-order valence-corrected chi connectivity index (χ3v) is 1.63. The lowest BCUT2D eigenvalue weighted by Gasteiger charge is -2.04. The molecule has 2 N–H and O–H groups in total. The van der Waals surface area contributed by atoms with E-state index in [2.05, 4.69) is 0 Å². The third kappa shape index (κ3) is 2.05. The highest BCUT2D eigenvalue weighted by Gasteiger charge is 2.18. The maximum Gasteiger partial charge on any atom is 0.337 e. The van der Waals surface area contributed by atoms with E-state index in [1.54, 1.807) is 0 Å². The monoisotopic (exact) mass is 197 g/mol. The lowest BCUT2D eigenvalue weighted by molar-refractivity contribution is -0.385. The summed E-state index contributed by atoms with van der Waals surface area (Å²) in [5.74, 6) is -1.44. The molecule has 0 aromatic heterocycles. The molecule has 6 heteroatoms. The van der Waals surface area contributed by atoms with Crippen molar-refractivity contribution in [2.45, 2.75) is 6.10 Å². The molecule has 0 saturated carbocycles. The van der Waals surface area contributed by atoms with Crippen LogP contribution in [-0.4, -0.2) is 21.1 Å². The van der Waals surface area contributed by atoms with Gasteiger partial charge >= 0.3 is 5.97 Å². The number of carbonyl (C=O) groups is 1. The van der Waals surface area contributed by atoms with Crippen LogP contribution in [0.25, 0.3) is 0 Å². The fourth-order valence-corrected chi connectivity index (χ4v) is 0.951. The van der Waals surface area contributed by atoms with Crippen molar-refractivity contribution >= 4 is 11.7 Å². The molecule has 1 atom stereocenters. The van der Waals surface area contributed by atoms with Crippen LogP contribution in [0.5, 0.6) is 0 Å². The molecule has 0 unspecified atom stereocenters. The number of nitrogens with zero attached hydrogens (tertiary/aromatic N) is 1. The largest absolute Gasteiger partial charge is 0.479 e. The number of aliphatic hydroxyl groups excluding tert-OH is 1. The van der Waals surface area contributed by atoms with Gasteiger partial charge in [0.25, 0.3) is 5.69 Å². The normalized spacial score (nSPS) is 12.1. The minimum absolute atomic E-state index is 0.00769. The molecular weight excluding hydrogens is 190 g/mol. The lowest BCUT2D eigenvalue weighted by atomic mass is 10.1. The molecule has 0 spiro atoms. The number of carboxylic acid groups (broad SMARTS) is 1. The minimum Gasteiger partial charge on any atom is -0.479 e. The van der Waals surface area contributed by atoms with Crippen molar-refractivity contribution in [1.82, 2.24) is 0 Å². The second-order valence-electron chi connectivity index (χ2n) is 2.59. The van der Waals surface area contributed by atoms with Crippen LogP contribution in [0.2, 0.25) is 0 Å². The SMILES string of the molecule is O=C(O)[C@@H](O)c1cccc([N+](=O)[O-])c1. The number of nitro benzene ring substituents is 1. The fraction of sp³-hybridized carbons (Fsp3) is 0.125. The summed E-state index contributed by atoms with van der Waals surface area (Å²) in [5, 5.41) is 27.8. The first kappa shape index (κ1) is 10.1. The van der Waals surface area contributed by atoms with Crippen LogP contribution in [0, 0.1) is 10.1 Å². The summed E-state index contributed by atoms with van der Waals surface area (Å²) < 4.78 is 0. The number of carboxylic acids is 1. The molecule has 0 bridgehead atoms. The summed E-state index contributed by atoms with van der Waals surface area (Å²) in [6.45, 7) is 0. The Balaban J connectivity index is 3.05. The van der Waals surface area contributed by atoms with Gasteiger partial charge in [-0.25, -0.2) is 4.79 Å².